The summed E-state index contributed by atoms with van der Waals surface area (Å²) in [5, 5.41) is 14.6. The largest absolute Gasteiger partial charge is 0.481 e. The Morgan fingerprint density at radius 2 is 1.42 bits per heavy atom. The Morgan fingerprint density at radius 1 is 0.861 bits per heavy atom. The molecule has 192 valence electrons. The molecule has 8 heteroatoms. The average Bonchev–Trinajstić information content (AvgIpc) is 2.87. The molecule has 2 aromatic rings. The fraction of sp³-hybridized carbons (Fsp3) is 0.429. The molecule has 1 aliphatic rings. The number of aryl methyl sites for hydroxylation is 2. The van der Waals surface area contributed by atoms with Crippen molar-refractivity contribution in [3.8, 4) is 11.1 Å². The number of nitrogens with one attached hydrogen (secondary N) is 2. The first-order valence-electron chi connectivity index (χ1n) is 12.4. The molecule has 0 aromatic heterocycles. The minimum Gasteiger partial charge on any atom is -0.481 e. The molecule has 0 aliphatic heterocycles. The van der Waals surface area contributed by atoms with Crippen LogP contribution in [0.3, 0.4) is 0 Å². The highest BCUT2D eigenvalue weighted by atomic mass is 16.5. The van der Waals surface area contributed by atoms with E-state index in [4.69, 9.17) is 4.74 Å². The van der Waals surface area contributed by atoms with Gasteiger partial charge in [-0.05, 0) is 47.9 Å². The highest BCUT2D eigenvalue weighted by Gasteiger charge is 2.62. The van der Waals surface area contributed by atoms with Crippen LogP contribution in [0.2, 0.25) is 0 Å². The van der Waals surface area contributed by atoms with Crippen LogP contribution in [0, 0.1) is 17.8 Å². The van der Waals surface area contributed by atoms with Crippen LogP contribution in [-0.4, -0.2) is 49.1 Å². The van der Waals surface area contributed by atoms with Crippen LogP contribution in [-0.2, 0) is 36.8 Å². The summed E-state index contributed by atoms with van der Waals surface area (Å²) >= 11 is 0. The molecule has 3 rings (SSSR count). The topological polar surface area (TPSA) is 122 Å². The van der Waals surface area contributed by atoms with E-state index in [9.17, 15) is 24.3 Å². The molecule has 0 spiro atoms. The van der Waals surface area contributed by atoms with Gasteiger partial charge in [0.05, 0.1) is 11.8 Å². The number of carbonyl (C=O) groups is 4. The van der Waals surface area contributed by atoms with Crippen molar-refractivity contribution < 1.29 is 29.0 Å². The van der Waals surface area contributed by atoms with Crippen LogP contribution in [0.15, 0.2) is 48.5 Å². The zero-order valence-corrected chi connectivity index (χ0v) is 20.7. The van der Waals surface area contributed by atoms with E-state index >= 15 is 0 Å². The Bertz CT molecular complexity index is 1050. The monoisotopic (exact) mass is 494 g/mol. The van der Waals surface area contributed by atoms with Crippen molar-refractivity contribution in [3.63, 3.8) is 0 Å². The summed E-state index contributed by atoms with van der Waals surface area (Å²) in [6.07, 6.45) is 3.70. The van der Waals surface area contributed by atoms with E-state index in [1.54, 1.807) is 0 Å². The SMILES string of the molecule is CCCCc1ccc(-c2ccc(CCCNC(=O)C3C(C(=O)O)C(OC=O)C3C(=O)NC)cc2)cc1. The third-order valence-electron chi connectivity index (χ3n) is 6.83. The van der Waals surface area contributed by atoms with Gasteiger partial charge in [-0.25, -0.2) is 0 Å². The fourth-order valence-electron chi connectivity index (χ4n) is 4.77. The molecule has 2 aromatic carbocycles. The molecule has 4 unspecified atom stereocenters. The normalized spacial score (nSPS) is 20.6. The van der Waals surface area contributed by atoms with Gasteiger partial charge in [-0.2, -0.15) is 0 Å². The third kappa shape index (κ3) is 6.30. The number of carbonyl (C=O) groups excluding carboxylic acids is 3. The van der Waals surface area contributed by atoms with Gasteiger partial charge in [0.15, 0.2) is 0 Å². The number of rotatable bonds is 13. The van der Waals surface area contributed by atoms with Crippen LogP contribution in [0.1, 0.15) is 37.3 Å². The maximum Gasteiger partial charge on any atom is 0.311 e. The van der Waals surface area contributed by atoms with Crippen molar-refractivity contribution in [1.29, 1.82) is 0 Å². The van der Waals surface area contributed by atoms with Crippen LogP contribution < -0.4 is 10.6 Å². The van der Waals surface area contributed by atoms with Crippen molar-refractivity contribution in [2.45, 2.75) is 45.1 Å². The van der Waals surface area contributed by atoms with E-state index in [1.165, 1.54) is 31.0 Å². The van der Waals surface area contributed by atoms with Gasteiger partial charge in [0.25, 0.3) is 6.47 Å². The molecule has 0 heterocycles. The zero-order valence-electron chi connectivity index (χ0n) is 20.7. The quantitative estimate of drug-likeness (QED) is 0.291. The lowest BCUT2D eigenvalue weighted by atomic mass is 9.61. The summed E-state index contributed by atoms with van der Waals surface area (Å²) in [6.45, 7) is 2.64. The Hall–Kier alpha value is -3.68. The number of aliphatic carboxylic acids is 1. The van der Waals surface area contributed by atoms with Gasteiger partial charge < -0.3 is 20.5 Å². The predicted octanol–water partition coefficient (Wildman–Crippen LogP) is 2.98. The van der Waals surface area contributed by atoms with E-state index in [0.29, 0.717) is 13.0 Å². The second-order valence-electron chi connectivity index (χ2n) is 9.12. The van der Waals surface area contributed by atoms with Gasteiger partial charge in [0.1, 0.15) is 12.0 Å². The van der Waals surface area contributed by atoms with Gasteiger partial charge in [0, 0.05) is 13.6 Å². The van der Waals surface area contributed by atoms with Crippen molar-refractivity contribution in [1.82, 2.24) is 10.6 Å². The minimum absolute atomic E-state index is 0.110. The minimum atomic E-state index is -1.28. The van der Waals surface area contributed by atoms with Gasteiger partial charge in [-0.15, -0.1) is 0 Å². The van der Waals surface area contributed by atoms with E-state index in [-0.39, 0.29) is 6.47 Å². The molecule has 1 fully saturated rings. The summed E-state index contributed by atoms with van der Waals surface area (Å²) in [5.74, 6) is -5.73. The predicted molar refractivity (Wildman–Crippen MR) is 135 cm³/mol. The standard InChI is InChI=1S/C28H34N2O6/c1-3-4-6-18-8-12-20(13-9-18)21-14-10-19(11-15-21)7-5-16-30-27(33)22-23(26(32)29-2)25(36-17-31)24(22)28(34)35/h8-15,17,22-25H,3-7,16H2,1-2H3,(H,29,32)(H,30,33)(H,34,35). The van der Waals surface area contributed by atoms with E-state index in [0.717, 1.165) is 24.0 Å². The van der Waals surface area contributed by atoms with Crippen LogP contribution in [0.4, 0.5) is 0 Å². The van der Waals surface area contributed by atoms with Crippen molar-refractivity contribution in [2.24, 2.45) is 17.8 Å². The summed E-state index contributed by atoms with van der Waals surface area (Å²) < 4.78 is 4.81. The lowest BCUT2D eigenvalue weighted by Gasteiger charge is -2.45. The van der Waals surface area contributed by atoms with Gasteiger partial charge in [0.2, 0.25) is 11.8 Å². The Labute approximate surface area is 211 Å². The molecule has 0 bridgehead atoms. The molecule has 8 nitrogen and oxygen atoms in total. The van der Waals surface area contributed by atoms with E-state index in [2.05, 4.69) is 66.1 Å². The van der Waals surface area contributed by atoms with Crippen LogP contribution in [0.25, 0.3) is 11.1 Å². The number of amides is 2. The first-order valence-corrected chi connectivity index (χ1v) is 12.4. The number of carboxylic acid groups (broad SMARTS) is 1. The molecular formula is C28H34N2O6. The maximum atomic E-state index is 12.7. The molecular weight excluding hydrogens is 460 g/mol. The Morgan fingerprint density at radius 3 is 1.89 bits per heavy atom. The van der Waals surface area contributed by atoms with Crippen molar-refractivity contribution in [3.05, 3.63) is 59.7 Å². The fourth-order valence-corrected chi connectivity index (χ4v) is 4.77. The summed E-state index contributed by atoms with van der Waals surface area (Å²) in [5.41, 5.74) is 4.79. The van der Waals surface area contributed by atoms with Crippen LogP contribution >= 0.6 is 0 Å². The summed E-state index contributed by atoms with van der Waals surface area (Å²) in [4.78, 5) is 47.3. The molecule has 1 saturated carbocycles. The van der Waals surface area contributed by atoms with Crippen molar-refractivity contribution >= 4 is 24.3 Å². The number of ether oxygens (including phenoxy) is 1. The second kappa shape index (κ2) is 12.9. The zero-order chi connectivity index (χ0) is 26.1. The van der Waals surface area contributed by atoms with Gasteiger partial charge in [-0.1, -0.05) is 61.9 Å². The number of benzene rings is 2. The molecule has 1 aliphatic carbocycles. The highest BCUT2D eigenvalue weighted by Crippen LogP contribution is 2.43. The maximum absolute atomic E-state index is 12.7. The van der Waals surface area contributed by atoms with E-state index < -0.39 is 41.6 Å². The lowest BCUT2D eigenvalue weighted by Crippen LogP contribution is -2.65. The molecule has 2 amide bonds. The first-order chi connectivity index (χ1) is 17.4. The lowest BCUT2D eigenvalue weighted by molar-refractivity contribution is -0.188. The number of hydrogen-bond acceptors (Lipinski definition) is 5. The Balaban J connectivity index is 1.51. The average molecular weight is 495 g/mol. The molecule has 3 N–H and O–H groups in total. The highest BCUT2D eigenvalue weighted by molar-refractivity contribution is 5.95. The summed E-state index contributed by atoms with van der Waals surface area (Å²) in [7, 11) is 1.39. The molecule has 4 atom stereocenters. The number of hydrogen-bond donors (Lipinski definition) is 3. The Kier molecular flexibility index (Phi) is 9.61. The van der Waals surface area contributed by atoms with E-state index in [1.807, 2.05) is 0 Å². The van der Waals surface area contributed by atoms with Crippen LogP contribution in [0.5, 0.6) is 0 Å². The third-order valence-corrected chi connectivity index (χ3v) is 6.83. The van der Waals surface area contributed by atoms with Gasteiger partial charge in [-0.3, -0.25) is 19.2 Å². The molecule has 0 saturated heterocycles. The molecule has 0 radical (unpaired) electrons. The number of carboxylic acids is 1. The second-order valence-corrected chi connectivity index (χ2v) is 9.12. The summed E-state index contributed by atoms with van der Waals surface area (Å²) in [6, 6.07) is 17.0. The number of unbranched alkanes of at least 4 members (excludes halogenated alkanes) is 1. The van der Waals surface area contributed by atoms with Gasteiger partial charge >= 0.3 is 5.97 Å². The van der Waals surface area contributed by atoms with Crippen molar-refractivity contribution in [2.75, 3.05) is 13.6 Å². The smallest absolute Gasteiger partial charge is 0.311 e. The molecule has 36 heavy (non-hydrogen) atoms. The first kappa shape index (κ1) is 26.9.